The summed E-state index contributed by atoms with van der Waals surface area (Å²) in [5, 5.41) is 3.81. The van der Waals surface area contributed by atoms with Gasteiger partial charge in [0.1, 0.15) is 0 Å². The molecular formula is C16H25NO. The quantitative estimate of drug-likeness (QED) is 0.777. The van der Waals surface area contributed by atoms with Crippen LogP contribution in [0.2, 0.25) is 0 Å². The Bertz CT molecular complexity index is 330. The summed E-state index contributed by atoms with van der Waals surface area (Å²) in [5.74, 6) is 0. The average Bonchev–Trinajstić information content (AvgIpc) is 2.46. The monoisotopic (exact) mass is 247 g/mol. The highest BCUT2D eigenvalue weighted by atomic mass is 16.5. The van der Waals surface area contributed by atoms with E-state index in [1.54, 1.807) is 7.11 Å². The molecule has 0 bridgehead atoms. The van der Waals surface area contributed by atoms with Crippen LogP contribution in [0.1, 0.15) is 44.1 Å². The van der Waals surface area contributed by atoms with Crippen molar-refractivity contribution in [3.05, 3.63) is 35.9 Å². The predicted octanol–water partition coefficient (Wildman–Crippen LogP) is 3.47. The maximum absolute atomic E-state index is 5.13. The molecule has 1 fully saturated rings. The van der Waals surface area contributed by atoms with Crippen molar-refractivity contribution < 1.29 is 4.74 Å². The van der Waals surface area contributed by atoms with E-state index in [0.29, 0.717) is 0 Å². The summed E-state index contributed by atoms with van der Waals surface area (Å²) in [6.07, 6.45) is 7.69. The molecule has 0 aliphatic heterocycles. The number of hydrogen-bond donors (Lipinski definition) is 1. The van der Waals surface area contributed by atoms with Crippen molar-refractivity contribution in [1.82, 2.24) is 5.32 Å². The standard InChI is InChI=1S/C16H25NO/c1-18-14-8-13-17-16(11-6-3-7-12-16)15-9-4-2-5-10-15/h2,4-5,9-10,17H,3,6-8,11-14H2,1H3. The van der Waals surface area contributed by atoms with E-state index in [1.165, 1.54) is 37.7 Å². The van der Waals surface area contributed by atoms with E-state index in [9.17, 15) is 0 Å². The maximum atomic E-state index is 5.13. The van der Waals surface area contributed by atoms with Crippen molar-refractivity contribution in [2.45, 2.75) is 44.1 Å². The summed E-state index contributed by atoms with van der Waals surface area (Å²) < 4.78 is 5.13. The van der Waals surface area contributed by atoms with Gasteiger partial charge in [-0.2, -0.15) is 0 Å². The van der Waals surface area contributed by atoms with E-state index in [0.717, 1.165) is 19.6 Å². The van der Waals surface area contributed by atoms with Gasteiger partial charge in [0.05, 0.1) is 0 Å². The molecule has 18 heavy (non-hydrogen) atoms. The number of rotatable bonds is 6. The van der Waals surface area contributed by atoms with Crippen LogP contribution in [0.25, 0.3) is 0 Å². The van der Waals surface area contributed by atoms with Crippen molar-refractivity contribution >= 4 is 0 Å². The molecule has 1 saturated carbocycles. The highest BCUT2D eigenvalue weighted by molar-refractivity contribution is 5.25. The number of ether oxygens (including phenoxy) is 1. The van der Waals surface area contributed by atoms with Gasteiger partial charge in [-0.3, -0.25) is 0 Å². The Morgan fingerprint density at radius 3 is 2.50 bits per heavy atom. The van der Waals surface area contributed by atoms with Gasteiger partial charge in [0.15, 0.2) is 0 Å². The highest BCUT2D eigenvalue weighted by Gasteiger charge is 2.32. The van der Waals surface area contributed by atoms with Crippen LogP contribution in [-0.4, -0.2) is 20.3 Å². The van der Waals surface area contributed by atoms with Crippen molar-refractivity contribution in [2.75, 3.05) is 20.3 Å². The first-order valence-corrected chi connectivity index (χ1v) is 7.17. The summed E-state index contributed by atoms with van der Waals surface area (Å²) in [6.45, 7) is 1.89. The molecule has 0 spiro atoms. The van der Waals surface area contributed by atoms with Gasteiger partial charge in [0.2, 0.25) is 0 Å². The number of hydrogen-bond acceptors (Lipinski definition) is 2. The van der Waals surface area contributed by atoms with Crippen LogP contribution >= 0.6 is 0 Å². The summed E-state index contributed by atoms with van der Waals surface area (Å²) in [6, 6.07) is 11.0. The SMILES string of the molecule is COCCCNC1(c2ccccc2)CCCCC1. The lowest BCUT2D eigenvalue weighted by atomic mass is 9.76. The minimum atomic E-state index is 0.216. The first-order chi connectivity index (χ1) is 8.87. The van der Waals surface area contributed by atoms with E-state index >= 15 is 0 Å². The second kappa shape index (κ2) is 6.91. The fourth-order valence-corrected chi connectivity index (χ4v) is 3.02. The van der Waals surface area contributed by atoms with Gasteiger partial charge < -0.3 is 10.1 Å². The molecule has 0 heterocycles. The molecular weight excluding hydrogens is 222 g/mol. The Morgan fingerprint density at radius 2 is 1.83 bits per heavy atom. The number of benzene rings is 1. The van der Waals surface area contributed by atoms with Crippen LogP contribution in [-0.2, 0) is 10.3 Å². The fourth-order valence-electron chi connectivity index (χ4n) is 3.02. The third kappa shape index (κ3) is 3.33. The van der Waals surface area contributed by atoms with Gasteiger partial charge in [-0.25, -0.2) is 0 Å². The fraction of sp³-hybridized carbons (Fsp3) is 0.625. The van der Waals surface area contributed by atoms with E-state index < -0.39 is 0 Å². The van der Waals surface area contributed by atoms with E-state index in [4.69, 9.17) is 4.74 Å². The summed E-state index contributed by atoms with van der Waals surface area (Å²) in [5.41, 5.74) is 1.68. The molecule has 0 radical (unpaired) electrons. The largest absolute Gasteiger partial charge is 0.385 e. The van der Waals surface area contributed by atoms with E-state index in [-0.39, 0.29) is 5.54 Å². The minimum absolute atomic E-state index is 0.216. The summed E-state index contributed by atoms with van der Waals surface area (Å²) in [7, 11) is 1.77. The number of nitrogens with one attached hydrogen (secondary N) is 1. The smallest absolute Gasteiger partial charge is 0.0474 e. The average molecular weight is 247 g/mol. The molecule has 2 nitrogen and oxygen atoms in total. The van der Waals surface area contributed by atoms with Gasteiger partial charge in [0.25, 0.3) is 0 Å². The van der Waals surface area contributed by atoms with Crippen LogP contribution in [0.15, 0.2) is 30.3 Å². The lowest BCUT2D eigenvalue weighted by molar-refractivity contribution is 0.180. The van der Waals surface area contributed by atoms with Crippen LogP contribution in [0, 0.1) is 0 Å². The van der Waals surface area contributed by atoms with Crippen LogP contribution < -0.4 is 5.32 Å². The summed E-state index contributed by atoms with van der Waals surface area (Å²) in [4.78, 5) is 0. The molecule has 0 atom stereocenters. The first-order valence-electron chi connectivity index (χ1n) is 7.17. The molecule has 1 aliphatic rings. The Morgan fingerprint density at radius 1 is 1.11 bits per heavy atom. The van der Waals surface area contributed by atoms with Crippen molar-refractivity contribution in [3.8, 4) is 0 Å². The van der Waals surface area contributed by atoms with Gasteiger partial charge >= 0.3 is 0 Å². The third-order valence-electron chi connectivity index (χ3n) is 4.02. The zero-order valence-electron chi connectivity index (χ0n) is 11.5. The Hall–Kier alpha value is -0.860. The normalized spacial score (nSPS) is 18.7. The van der Waals surface area contributed by atoms with Crippen LogP contribution in [0.3, 0.4) is 0 Å². The van der Waals surface area contributed by atoms with E-state index in [1.807, 2.05) is 0 Å². The van der Waals surface area contributed by atoms with Crippen molar-refractivity contribution in [3.63, 3.8) is 0 Å². The molecule has 100 valence electrons. The third-order valence-corrected chi connectivity index (χ3v) is 4.02. The minimum Gasteiger partial charge on any atom is -0.385 e. The zero-order valence-corrected chi connectivity index (χ0v) is 11.5. The molecule has 0 unspecified atom stereocenters. The maximum Gasteiger partial charge on any atom is 0.0474 e. The lowest BCUT2D eigenvalue weighted by Crippen LogP contribution is -2.44. The topological polar surface area (TPSA) is 21.3 Å². The Balaban J connectivity index is 2.03. The molecule has 2 heteroatoms. The predicted molar refractivity (Wildman–Crippen MR) is 75.7 cm³/mol. The highest BCUT2D eigenvalue weighted by Crippen LogP contribution is 2.36. The molecule has 1 N–H and O–H groups in total. The Labute approximate surface area is 111 Å². The van der Waals surface area contributed by atoms with Crippen molar-refractivity contribution in [1.29, 1.82) is 0 Å². The molecule has 0 saturated heterocycles. The van der Waals surface area contributed by atoms with Crippen LogP contribution in [0.4, 0.5) is 0 Å². The molecule has 0 amide bonds. The summed E-state index contributed by atoms with van der Waals surface area (Å²) >= 11 is 0. The second-order valence-corrected chi connectivity index (χ2v) is 5.28. The van der Waals surface area contributed by atoms with Gasteiger partial charge in [0, 0.05) is 19.3 Å². The lowest BCUT2D eigenvalue weighted by Gasteiger charge is -2.39. The molecule has 1 aromatic carbocycles. The molecule has 2 rings (SSSR count). The zero-order chi connectivity index (χ0) is 12.7. The molecule has 1 aliphatic carbocycles. The van der Waals surface area contributed by atoms with Gasteiger partial charge in [-0.05, 0) is 31.4 Å². The molecule has 1 aromatic rings. The van der Waals surface area contributed by atoms with Gasteiger partial charge in [-0.15, -0.1) is 0 Å². The van der Waals surface area contributed by atoms with E-state index in [2.05, 4.69) is 35.6 Å². The van der Waals surface area contributed by atoms with Crippen LogP contribution in [0.5, 0.6) is 0 Å². The first kappa shape index (κ1) is 13.6. The van der Waals surface area contributed by atoms with Gasteiger partial charge in [-0.1, -0.05) is 49.6 Å². The second-order valence-electron chi connectivity index (χ2n) is 5.28. The number of methoxy groups -OCH3 is 1. The Kier molecular flexibility index (Phi) is 5.21. The molecule has 0 aromatic heterocycles. The van der Waals surface area contributed by atoms with Crippen molar-refractivity contribution in [2.24, 2.45) is 0 Å².